The number of hydrogen-bond acceptors (Lipinski definition) is 5. The third-order valence-electron chi connectivity index (χ3n) is 4.52. The SMILES string of the molecule is O=S(=O)(Nc1nc2ccccc2nc1OC(c1ccccc1)C(F)(F)F)c1ccccc1Cl. The lowest BCUT2D eigenvalue weighted by Crippen LogP contribution is -2.27. The molecule has 3 aromatic carbocycles. The lowest BCUT2D eigenvalue weighted by Gasteiger charge is -2.23. The topological polar surface area (TPSA) is 81.2 Å². The van der Waals surface area contributed by atoms with Crippen LogP contribution in [0.2, 0.25) is 5.02 Å². The van der Waals surface area contributed by atoms with Crippen LogP contribution in [0.3, 0.4) is 0 Å². The van der Waals surface area contributed by atoms with Crippen molar-refractivity contribution in [2.24, 2.45) is 0 Å². The smallest absolute Gasteiger partial charge is 0.429 e. The molecule has 0 aliphatic rings. The first-order chi connectivity index (χ1) is 15.6. The first-order valence-corrected chi connectivity index (χ1v) is 11.3. The standard InChI is InChI=1S/C22H15ClF3N3O3S/c23-15-10-4-7-13-18(15)33(30,31)29-20-21(28-17-12-6-5-11-16(17)27-20)32-19(22(24,25)26)14-8-2-1-3-9-14/h1-13,19H,(H,27,29). The molecule has 1 N–H and O–H groups in total. The third kappa shape index (κ3) is 5.01. The van der Waals surface area contributed by atoms with Gasteiger partial charge in [0, 0.05) is 5.56 Å². The second-order valence-corrected chi connectivity index (χ2v) is 8.91. The lowest BCUT2D eigenvalue weighted by molar-refractivity contribution is -0.198. The Bertz CT molecular complexity index is 1400. The lowest BCUT2D eigenvalue weighted by atomic mass is 10.1. The number of aromatic nitrogens is 2. The maximum atomic E-state index is 13.9. The number of benzene rings is 3. The minimum Gasteiger partial charge on any atom is -0.457 e. The van der Waals surface area contributed by atoms with E-state index < -0.39 is 34.0 Å². The number of rotatable bonds is 6. The largest absolute Gasteiger partial charge is 0.457 e. The predicted octanol–water partition coefficient (Wildman–Crippen LogP) is 5.77. The molecule has 1 aromatic heterocycles. The van der Waals surface area contributed by atoms with Gasteiger partial charge in [-0.1, -0.05) is 66.2 Å². The van der Waals surface area contributed by atoms with Gasteiger partial charge in [-0.05, 0) is 24.3 Å². The quantitative estimate of drug-likeness (QED) is 0.369. The van der Waals surface area contributed by atoms with Gasteiger partial charge < -0.3 is 4.74 Å². The van der Waals surface area contributed by atoms with Crippen molar-refractivity contribution in [2.75, 3.05) is 4.72 Å². The molecule has 0 saturated carbocycles. The van der Waals surface area contributed by atoms with E-state index in [1.807, 2.05) is 0 Å². The average Bonchev–Trinajstić information content (AvgIpc) is 2.77. The Morgan fingerprint density at radius 2 is 1.42 bits per heavy atom. The summed E-state index contributed by atoms with van der Waals surface area (Å²) in [6.45, 7) is 0. The maximum Gasteiger partial charge on any atom is 0.429 e. The minimum absolute atomic E-state index is 0.0707. The number of halogens is 4. The fourth-order valence-electron chi connectivity index (χ4n) is 3.04. The van der Waals surface area contributed by atoms with Crippen LogP contribution in [0.15, 0.2) is 83.8 Å². The number of nitrogens with one attached hydrogen (secondary N) is 1. The number of ether oxygens (including phenoxy) is 1. The van der Waals surface area contributed by atoms with Crippen molar-refractivity contribution in [3.8, 4) is 5.88 Å². The number of para-hydroxylation sites is 2. The van der Waals surface area contributed by atoms with Gasteiger partial charge in [-0.25, -0.2) is 18.4 Å². The van der Waals surface area contributed by atoms with Crippen molar-refractivity contribution in [1.82, 2.24) is 9.97 Å². The van der Waals surface area contributed by atoms with Gasteiger partial charge in [0.25, 0.3) is 15.9 Å². The Morgan fingerprint density at radius 1 is 0.848 bits per heavy atom. The van der Waals surface area contributed by atoms with Gasteiger partial charge in [-0.15, -0.1) is 0 Å². The summed E-state index contributed by atoms with van der Waals surface area (Å²) < 4.78 is 74.9. The summed E-state index contributed by atoms with van der Waals surface area (Å²) in [6, 6.07) is 18.9. The highest BCUT2D eigenvalue weighted by Crippen LogP contribution is 2.39. The Labute approximate surface area is 192 Å². The van der Waals surface area contributed by atoms with E-state index in [4.69, 9.17) is 16.3 Å². The summed E-state index contributed by atoms with van der Waals surface area (Å²) in [7, 11) is -4.32. The molecule has 0 bridgehead atoms. The van der Waals surface area contributed by atoms with E-state index in [0.717, 1.165) is 0 Å². The van der Waals surface area contributed by atoms with Crippen molar-refractivity contribution < 1.29 is 26.3 Å². The highest BCUT2D eigenvalue weighted by Gasteiger charge is 2.44. The molecular formula is C22H15ClF3N3O3S. The third-order valence-corrected chi connectivity index (χ3v) is 6.36. The van der Waals surface area contributed by atoms with E-state index >= 15 is 0 Å². The highest BCUT2D eigenvalue weighted by molar-refractivity contribution is 7.92. The predicted molar refractivity (Wildman–Crippen MR) is 118 cm³/mol. The van der Waals surface area contributed by atoms with E-state index in [2.05, 4.69) is 14.7 Å². The molecule has 33 heavy (non-hydrogen) atoms. The Kier molecular flexibility index (Phi) is 6.13. The zero-order valence-corrected chi connectivity index (χ0v) is 18.2. The van der Waals surface area contributed by atoms with E-state index in [1.165, 1.54) is 54.6 Å². The molecule has 170 valence electrons. The molecule has 6 nitrogen and oxygen atoms in total. The summed E-state index contributed by atoms with van der Waals surface area (Å²) in [5.74, 6) is -1.13. The fourth-order valence-corrected chi connectivity index (χ4v) is 4.56. The van der Waals surface area contributed by atoms with Gasteiger partial charge >= 0.3 is 6.18 Å². The second kappa shape index (κ2) is 8.87. The summed E-state index contributed by atoms with van der Waals surface area (Å²) in [4.78, 5) is 7.99. The summed E-state index contributed by atoms with van der Waals surface area (Å²) in [6.07, 6.45) is -7.22. The van der Waals surface area contributed by atoms with Crippen molar-refractivity contribution in [3.05, 3.63) is 89.4 Å². The van der Waals surface area contributed by atoms with Gasteiger partial charge in [0.15, 0.2) is 0 Å². The van der Waals surface area contributed by atoms with E-state index in [-0.39, 0.29) is 26.5 Å². The number of hydrogen-bond donors (Lipinski definition) is 1. The molecule has 0 aliphatic heterocycles. The molecule has 1 atom stereocenters. The van der Waals surface area contributed by atoms with Gasteiger partial charge in [0.05, 0.1) is 16.1 Å². The number of anilines is 1. The zero-order valence-electron chi connectivity index (χ0n) is 16.6. The van der Waals surface area contributed by atoms with Gasteiger partial charge in [0.2, 0.25) is 11.9 Å². The van der Waals surface area contributed by atoms with E-state index in [0.29, 0.717) is 0 Å². The molecule has 0 saturated heterocycles. The number of nitrogens with zero attached hydrogens (tertiary/aromatic N) is 2. The van der Waals surface area contributed by atoms with Crippen LogP contribution in [0.1, 0.15) is 11.7 Å². The molecule has 0 spiro atoms. The second-order valence-electron chi connectivity index (χ2n) is 6.85. The van der Waals surface area contributed by atoms with Crippen molar-refractivity contribution >= 4 is 38.5 Å². The van der Waals surface area contributed by atoms with Gasteiger partial charge in [0.1, 0.15) is 4.90 Å². The van der Waals surface area contributed by atoms with Crippen LogP contribution < -0.4 is 9.46 Å². The fraction of sp³-hybridized carbons (Fsp3) is 0.0909. The van der Waals surface area contributed by atoms with Crippen molar-refractivity contribution in [1.29, 1.82) is 0 Å². The van der Waals surface area contributed by atoms with Crippen LogP contribution in [-0.4, -0.2) is 24.6 Å². The molecule has 1 unspecified atom stereocenters. The summed E-state index contributed by atoms with van der Waals surface area (Å²) >= 11 is 6.00. The normalized spacial score (nSPS) is 13.0. The van der Waals surface area contributed by atoms with E-state index in [1.54, 1.807) is 24.3 Å². The molecular weight excluding hydrogens is 479 g/mol. The van der Waals surface area contributed by atoms with Crippen LogP contribution >= 0.6 is 11.6 Å². The summed E-state index contributed by atoms with van der Waals surface area (Å²) in [5, 5.41) is -0.0707. The number of alkyl halides is 3. The van der Waals surface area contributed by atoms with Crippen LogP contribution in [-0.2, 0) is 10.0 Å². The number of fused-ring (bicyclic) bond motifs is 1. The van der Waals surface area contributed by atoms with Crippen molar-refractivity contribution in [3.63, 3.8) is 0 Å². The number of sulfonamides is 1. The Balaban J connectivity index is 1.82. The van der Waals surface area contributed by atoms with Crippen molar-refractivity contribution in [2.45, 2.75) is 17.2 Å². The molecule has 0 aliphatic carbocycles. The molecule has 11 heteroatoms. The van der Waals surface area contributed by atoms with E-state index in [9.17, 15) is 21.6 Å². The monoisotopic (exact) mass is 493 g/mol. The molecule has 0 fully saturated rings. The maximum absolute atomic E-state index is 13.9. The van der Waals surface area contributed by atoms with Crippen LogP contribution in [0, 0.1) is 0 Å². The average molecular weight is 494 g/mol. The summed E-state index contributed by atoms with van der Waals surface area (Å²) in [5.41, 5.74) is 0.298. The minimum atomic E-state index is -4.81. The van der Waals surface area contributed by atoms with Crippen LogP contribution in [0.25, 0.3) is 11.0 Å². The first kappa shape index (κ1) is 22.8. The molecule has 0 radical (unpaired) electrons. The molecule has 4 aromatic rings. The van der Waals surface area contributed by atoms with Crippen LogP contribution in [0.5, 0.6) is 5.88 Å². The van der Waals surface area contributed by atoms with Gasteiger partial charge in [-0.2, -0.15) is 13.2 Å². The molecule has 4 rings (SSSR count). The molecule has 1 heterocycles. The first-order valence-electron chi connectivity index (χ1n) is 9.47. The highest BCUT2D eigenvalue weighted by atomic mass is 35.5. The Morgan fingerprint density at radius 3 is 2.06 bits per heavy atom. The van der Waals surface area contributed by atoms with Crippen LogP contribution in [0.4, 0.5) is 19.0 Å². The van der Waals surface area contributed by atoms with Gasteiger partial charge in [-0.3, -0.25) is 4.72 Å². The Hall–Kier alpha value is -3.37. The molecule has 0 amide bonds. The zero-order chi connectivity index (χ0) is 23.6.